The minimum absolute atomic E-state index is 0.0466. The van der Waals surface area contributed by atoms with Crippen LogP contribution in [-0.4, -0.2) is 44.0 Å². The van der Waals surface area contributed by atoms with E-state index in [2.05, 4.69) is 15.1 Å². The van der Waals surface area contributed by atoms with Crippen molar-refractivity contribution in [2.75, 3.05) is 11.4 Å². The van der Waals surface area contributed by atoms with Crippen molar-refractivity contribution in [3.8, 4) is 5.75 Å². The van der Waals surface area contributed by atoms with Crippen LogP contribution >= 0.6 is 11.8 Å². The van der Waals surface area contributed by atoms with Crippen LogP contribution in [0.15, 0.2) is 59.8 Å². The Kier molecular flexibility index (Phi) is 5.66. The van der Waals surface area contributed by atoms with Crippen molar-refractivity contribution >= 4 is 35.0 Å². The number of nitrogens with zero attached hydrogens (tertiary/aromatic N) is 5. The van der Waals surface area contributed by atoms with Crippen molar-refractivity contribution in [3.05, 3.63) is 77.1 Å². The SMILES string of the molecule is Cc1cc(C)n2nc(SCc3ccccc3C(=O)N3CC(C(N)=O)Oc4ccccc43)nc2n1. The molecule has 1 aliphatic heterocycles. The highest BCUT2D eigenvalue weighted by atomic mass is 32.2. The molecule has 0 aliphatic carbocycles. The molecule has 34 heavy (non-hydrogen) atoms. The maximum absolute atomic E-state index is 13.6. The standard InChI is InChI=1S/C24H22N6O3S/c1-14-11-15(2)30-23(26-14)27-24(28-30)34-13-16-7-3-4-8-17(16)22(32)29-12-20(21(25)31)33-19-10-6-5-9-18(19)29/h3-11,20H,12-13H2,1-2H3,(H2,25,31). The second-order valence-corrected chi connectivity index (χ2v) is 8.93. The van der Waals surface area contributed by atoms with Crippen LogP contribution in [0.5, 0.6) is 5.75 Å². The molecule has 0 bridgehead atoms. The molecule has 1 unspecified atom stereocenters. The van der Waals surface area contributed by atoms with Gasteiger partial charge in [-0.2, -0.15) is 4.98 Å². The van der Waals surface area contributed by atoms with Gasteiger partial charge in [-0.05, 0) is 43.7 Å². The van der Waals surface area contributed by atoms with Gasteiger partial charge in [0.05, 0.1) is 12.2 Å². The quantitative estimate of drug-likeness (QED) is 0.442. The molecule has 0 radical (unpaired) electrons. The Morgan fingerprint density at radius 2 is 1.88 bits per heavy atom. The second kappa shape index (κ2) is 8.79. The first-order chi connectivity index (χ1) is 16.4. The Labute approximate surface area is 199 Å². The van der Waals surface area contributed by atoms with Gasteiger partial charge in [0.1, 0.15) is 5.75 Å². The van der Waals surface area contributed by atoms with E-state index in [4.69, 9.17) is 10.5 Å². The fourth-order valence-corrected chi connectivity index (χ4v) is 4.75. The van der Waals surface area contributed by atoms with Crippen molar-refractivity contribution in [1.82, 2.24) is 19.6 Å². The number of carbonyl (C=O) groups is 2. The second-order valence-electron chi connectivity index (χ2n) is 7.98. The van der Waals surface area contributed by atoms with Gasteiger partial charge in [0, 0.05) is 22.7 Å². The van der Waals surface area contributed by atoms with E-state index in [1.807, 2.05) is 44.2 Å². The first-order valence-electron chi connectivity index (χ1n) is 10.7. The number of para-hydroxylation sites is 2. The van der Waals surface area contributed by atoms with E-state index in [0.29, 0.717) is 33.7 Å². The molecular weight excluding hydrogens is 452 g/mol. The van der Waals surface area contributed by atoms with E-state index >= 15 is 0 Å². The Morgan fingerprint density at radius 1 is 1.12 bits per heavy atom. The number of thioether (sulfide) groups is 1. The van der Waals surface area contributed by atoms with Gasteiger partial charge >= 0.3 is 0 Å². The Morgan fingerprint density at radius 3 is 2.71 bits per heavy atom. The summed E-state index contributed by atoms with van der Waals surface area (Å²) in [6.45, 7) is 3.92. The third kappa shape index (κ3) is 4.08. The molecule has 2 aromatic carbocycles. The summed E-state index contributed by atoms with van der Waals surface area (Å²) in [7, 11) is 0. The number of hydrogen-bond acceptors (Lipinski definition) is 7. The zero-order valence-electron chi connectivity index (χ0n) is 18.6. The molecule has 3 heterocycles. The number of aromatic nitrogens is 4. The van der Waals surface area contributed by atoms with E-state index in [1.54, 1.807) is 33.7 Å². The van der Waals surface area contributed by atoms with Crippen LogP contribution < -0.4 is 15.4 Å². The minimum atomic E-state index is -0.915. The number of benzene rings is 2. The molecule has 9 nitrogen and oxygen atoms in total. The zero-order valence-corrected chi connectivity index (χ0v) is 19.5. The van der Waals surface area contributed by atoms with Crippen LogP contribution in [-0.2, 0) is 10.5 Å². The Bertz CT molecular complexity index is 1420. The predicted octanol–water partition coefficient (Wildman–Crippen LogP) is 2.93. The number of anilines is 1. The molecule has 0 fully saturated rings. The van der Waals surface area contributed by atoms with Gasteiger partial charge in [0.25, 0.3) is 17.6 Å². The van der Waals surface area contributed by atoms with Crippen molar-refractivity contribution < 1.29 is 14.3 Å². The molecule has 0 saturated carbocycles. The molecule has 2 aromatic heterocycles. The summed E-state index contributed by atoms with van der Waals surface area (Å²) in [4.78, 5) is 36.0. The van der Waals surface area contributed by atoms with Crippen molar-refractivity contribution in [2.45, 2.75) is 30.9 Å². The predicted molar refractivity (Wildman–Crippen MR) is 128 cm³/mol. The van der Waals surface area contributed by atoms with Gasteiger partial charge in [0.2, 0.25) is 5.16 Å². The molecule has 5 rings (SSSR count). The maximum atomic E-state index is 13.6. The summed E-state index contributed by atoms with van der Waals surface area (Å²) in [5, 5.41) is 5.11. The van der Waals surface area contributed by atoms with Crippen LogP contribution in [0.4, 0.5) is 5.69 Å². The summed E-state index contributed by atoms with van der Waals surface area (Å²) in [6, 6.07) is 16.5. The molecule has 172 valence electrons. The highest BCUT2D eigenvalue weighted by Gasteiger charge is 2.33. The number of hydrogen-bond donors (Lipinski definition) is 1. The summed E-state index contributed by atoms with van der Waals surface area (Å²) in [5.74, 6) is 0.640. The molecule has 2 amide bonds. The number of primary amides is 1. The van der Waals surface area contributed by atoms with Crippen molar-refractivity contribution in [2.24, 2.45) is 5.73 Å². The van der Waals surface area contributed by atoms with Crippen molar-refractivity contribution in [3.63, 3.8) is 0 Å². The number of carbonyl (C=O) groups excluding carboxylic acids is 2. The van der Waals surface area contributed by atoms with Crippen LogP contribution in [0.3, 0.4) is 0 Å². The molecule has 1 atom stereocenters. The summed E-state index contributed by atoms with van der Waals surface area (Å²) < 4.78 is 7.40. The van der Waals surface area contributed by atoms with E-state index < -0.39 is 12.0 Å². The largest absolute Gasteiger partial charge is 0.477 e. The van der Waals surface area contributed by atoms with E-state index in [0.717, 1.165) is 17.0 Å². The monoisotopic (exact) mass is 474 g/mol. The first kappa shape index (κ1) is 21.9. The maximum Gasteiger partial charge on any atom is 0.260 e. The summed E-state index contributed by atoms with van der Waals surface area (Å²) in [6.07, 6.45) is -0.915. The van der Waals surface area contributed by atoms with Crippen LogP contribution in [0.2, 0.25) is 0 Å². The van der Waals surface area contributed by atoms with Crippen molar-refractivity contribution in [1.29, 1.82) is 0 Å². The van der Waals surface area contributed by atoms with E-state index in [-0.39, 0.29) is 12.5 Å². The van der Waals surface area contributed by atoms with E-state index in [9.17, 15) is 9.59 Å². The average Bonchev–Trinajstić information content (AvgIpc) is 3.25. The highest BCUT2D eigenvalue weighted by Crippen LogP contribution is 2.35. The fraction of sp³-hybridized carbons (Fsp3) is 0.208. The van der Waals surface area contributed by atoms with Gasteiger partial charge in [-0.1, -0.05) is 42.1 Å². The normalized spacial score (nSPS) is 15.1. The Hall–Kier alpha value is -3.92. The molecular formula is C24H22N6O3S. The topological polar surface area (TPSA) is 116 Å². The lowest BCUT2D eigenvalue weighted by molar-refractivity contribution is -0.124. The number of rotatable bonds is 5. The number of aryl methyl sites for hydroxylation is 2. The Balaban J connectivity index is 1.42. The smallest absolute Gasteiger partial charge is 0.260 e. The van der Waals surface area contributed by atoms with Gasteiger partial charge in [-0.15, -0.1) is 5.10 Å². The van der Waals surface area contributed by atoms with Crippen LogP contribution in [0.25, 0.3) is 5.78 Å². The number of ether oxygens (including phenoxy) is 1. The van der Waals surface area contributed by atoms with Gasteiger partial charge in [-0.3, -0.25) is 9.59 Å². The van der Waals surface area contributed by atoms with Crippen LogP contribution in [0, 0.1) is 13.8 Å². The number of amides is 2. The molecule has 2 N–H and O–H groups in total. The number of fused-ring (bicyclic) bond motifs is 2. The number of nitrogens with two attached hydrogens (primary N) is 1. The minimum Gasteiger partial charge on any atom is -0.477 e. The summed E-state index contributed by atoms with van der Waals surface area (Å²) in [5.41, 5.74) is 9.29. The van der Waals surface area contributed by atoms with Gasteiger partial charge in [-0.25, -0.2) is 9.50 Å². The van der Waals surface area contributed by atoms with Gasteiger partial charge in [0.15, 0.2) is 6.10 Å². The molecule has 0 spiro atoms. The first-order valence-corrected chi connectivity index (χ1v) is 11.7. The lowest BCUT2D eigenvalue weighted by atomic mass is 10.1. The zero-order chi connectivity index (χ0) is 23.8. The third-order valence-corrected chi connectivity index (χ3v) is 6.43. The molecule has 0 saturated heterocycles. The molecule has 4 aromatic rings. The van der Waals surface area contributed by atoms with Gasteiger partial charge < -0.3 is 15.4 Å². The average molecular weight is 475 g/mol. The molecule has 1 aliphatic rings. The highest BCUT2D eigenvalue weighted by molar-refractivity contribution is 7.98. The lowest BCUT2D eigenvalue weighted by Crippen LogP contribution is -2.49. The van der Waals surface area contributed by atoms with E-state index in [1.165, 1.54) is 11.8 Å². The molecule has 10 heteroatoms. The lowest BCUT2D eigenvalue weighted by Gasteiger charge is -2.33. The summed E-state index contributed by atoms with van der Waals surface area (Å²) >= 11 is 1.43. The van der Waals surface area contributed by atoms with Crippen LogP contribution in [0.1, 0.15) is 27.3 Å². The fourth-order valence-electron chi connectivity index (χ4n) is 3.93. The third-order valence-electron chi connectivity index (χ3n) is 5.54.